The molecule has 1 heterocycles. The van der Waals surface area contributed by atoms with Gasteiger partial charge in [-0.05, 0) is 29.8 Å². The molecule has 1 aliphatic rings. The number of hydrogen-bond acceptors (Lipinski definition) is 5. The highest BCUT2D eigenvalue weighted by atomic mass is 35.5. The Kier molecular flexibility index (Phi) is 4.57. The molecule has 6 heteroatoms. The standard InChI is InChI=1S/C17H15ClO5/c1-20-13-4-2-11(3-5-13)10-23-17(19)12-8-14(18)16-15(9-12)21-6-7-22-16/h2-5,8-9H,6-7,10H2,1H3. The van der Waals surface area contributed by atoms with Crippen molar-refractivity contribution in [2.24, 2.45) is 0 Å². The molecule has 0 saturated carbocycles. The van der Waals surface area contributed by atoms with Gasteiger partial charge in [-0.3, -0.25) is 0 Å². The number of ether oxygens (including phenoxy) is 4. The molecule has 0 aromatic heterocycles. The lowest BCUT2D eigenvalue weighted by Gasteiger charge is -2.20. The SMILES string of the molecule is COc1ccc(COC(=O)c2cc(Cl)c3c(c2)OCCO3)cc1. The van der Waals surface area contributed by atoms with Gasteiger partial charge in [-0.15, -0.1) is 0 Å². The van der Waals surface area contributed by atoms with Crippen LogP contribution in [0.2, 0.25) is 5.02 Å². The summed E-state index contributed by atoms with van der Waals surface area (Å²) in [6, 6.07) is 10.4. The first-order valence-corrected chi connectivity index (χ1v) is 7.44. The van der Waals surface area contributed by atoms with Crippen molar-refractivity contribution < 1.29 is 23.7 Å². The van der Waals surface area contributed by atoms with Crippen LogP contribution in [-0.2, 0) is 11.3 Å². The number of carbonyl (C=O) groups is 1. The highest BCUT2D eigenvalue weighted by Crippen LogP contribution is 2.38. The van der Waals surface area contributed by atoms with Crippen molar-refractivity contribution in [1.82, 2.24) is 0 Å². The summed E-state index contributed by atoms with van der Waals surface area (Å²) in [6.45, 7) is 1.02. The van der Waals surface area contributed by atoms with Crippen molar-refractivity contribution >= 4 is 17.6 Å². The van der Waals surface area contributed by atoms with E-state index < -0.39 is 5.97 Å². The molecule has 0 saturated heterocycles. The van der Waals surface area contributed by atoms with Gasteiger partial charge < -0.3 is 18.9 Å². The number of methoxy groups -OCH3 is 1. The van der Waals surface area contributed by atoms with E-state index in [1.54, 1.807) is 13.2 Å². The van der Waals surface area contributed by atoms with Gasteiger partial charge in [0.1, 0.15) is 25.6 Å². The molecule has 0 unspecified atom stereocenters. The monoisotopic (exact) mass is 334 g/mol. The first-order chi connectivity index (χ1) is 11.2. The number of esters is 1. The van der Waals surface area contributed by atoms with Crippen molar-refractivity contribution in [2.45, 2.75) is 6.61 Å². The van der Waals surface area contributed by atoms with Gasteiger partial charge in [-0.1, -0.05) is 23.7 Å². The summed E-state index contributed by atoms with van der Waals surface area (Å²) in [5, 5.41) is 0.332. The van der Waals surface area contributed by atoms with Crippen LogP contribution in [0.15, 0.2) is 36.4 Å². The van der Waals surface area contributed by atoms with Crippen LogP contribution in [0, 0.1) is 0 Å². The van der Waals surface area contributed by atoms with Gasteiger partial charge in [0.05, 0.1) is 17.7 Å². The quantitative estimate of drug-likeness (QED) is 0.801. The highest BCUT2D eigenvalue weighted by Gasteiger charge is 2.20. The Morgan fingerprint density at radius 3 is 2.65 bits per heavy atom. The van der Waals surface area contributed by atoms with Crippen LogP contribution in [-0.4, -0.2) is 26.3 Å². The third kappa shape index (κ3) is 3.51. The molecule has 0 fully saturated rings. The topological polar surface area (TPSA) is 54.0 Å². The molecule has 0 bridgehead atoms. The number of rotatable bonds is 4. The second-order valence-electron chi connectivity index (χ2n) is 4.91. The minimum Gasteiger partial charge on any atom is -0.497 e. The van der Waals surface area contributed by atoms with Gasteiger partial charge in [-0.2, -0.15) is 0 Å². The number of halogens is 1. The van der Waals surface area contributed by atoms with Gasteiger partial charge in [0.25, 0.3) is 0 Å². The number of fused-ring (bicyclic) bond motifs is 1. The van der Waals surface area contributed by atoms with Crippen molar-refractivity contribution in [3.63, 3.8) is 0 Å². The maximum atomic E-state index is 12.2. The van der Waals surface area contributed by atoms with Crippen molar-refractivity contribution in [3.05, 3.63) is 52.5 Å². The Balaban J connectivity index is 1.69. The van der Waals surface area contributed by atoms with E-state index in [0.29, 0.717) is 35.3 Å². The molecule has 2 aromatic carbocycles. The van der Waals surface area contributed by atoms with E-state index in [1.165, 1.54) is 6.07 Å². The fraction of sp³-hybridized carbons (Fsp3) is 0.235. The molecule has 0 atom stereocenters. The molecule has 5 nitrogen and oxygen atoms in total. The molecular formula is C17H15ClO5. The lowest BCUT2D eigenvalue weighted by atomic mass is 10.2. The van der Waals surface area contributed by atoms with E-state index in [2.05, 4.69) is 0 Å². The Morgan fingerprint density at radius 1 is 1.17 bits per heavy atom. The Labute approximate surface area is 138 Å². The lowest BCUT2D eigenvalue weighted by molar-refractivity contribution is 0.0471. The van der Waals surface area contributed by atoms with Crippen molar-refractivity contribution in [1.29, 1.82) is 0 Å². The van der Waals surface area contributed by atoms with Gasteiger partial charge in [0.2, 0.25) is 0 Å². The molecule has 1 aliphatic heterocycles. The molecular weight excluding hydrogens is 320 g/mol. The summed E-state index contributed by atoms with van der Waals surface area (Å²) in [5.41, 5.74) is 1.19. The second-order valence-corrected chi connectivity index (χ2v) is 5.31. The van der Waals surface area contributed by atoms with Crippen LogP contribution < -0.4 is 14.2 Å². The first-order valence-electron chi connectivity index (χ1n) is 7.06. The third-order valence-electron chi connectivity index (χ3n) is 3.36. The van der Waals surface area contributed by atoms with Crippen molar-refractivity contribution in [2.75, 3.05) is 20.3 Å². The molecule has 23 heavy (non-hydrogen) atoms. The zero-order valence-corrected chi connectivity index (χ0v) is 13.3. The zero-order valence-electron chi connectivity index (χ0n) is 12.5. The largest absolute Gasteiger partial charge is 0.497 e. The maximum absolute atomic E-state index is 12.2. The van der Waals surface area contributed by atoms with Crippen LogP contribution >= 0.6 is 11.6 Å². The van der Waals surface area contributed by atoms with E-state index in [0.717, 1.165) is 11.3 Å². The summed E-state index contributed by atoms with van der Waals surface area (Å²) in [4.78, 5) is 12.2. The van der Waals surface area contributed by atoms with E-state index >= 15 is 0 Å². The van der Waals surface area contributed by atoms with E-state index in [1.807, 2.05) is 24.3 Å². The summed E-state index contributed by atoms with van der Waals surface area (Å²) in [7, 11) is 1.60. The number of hydrogen-bond donors (Lipinski definition) is 0. The molecule has 0 amide bonds. The summed E-state index contributed by atoms with van der Waals surface area (Å²) in [6.07, 6.45) is 0. The Bertz CT molecular complexity index is 712. The molecule has 120 valence electrons. The molecule has 0 radical (unpaired) electrons. The Morgan fingerprint density at radius 2 is 1.91 bits per heavy atom. The van der Waals surface area contributed by atoms with Crippen molar-refractivity contribution in [3.8, 4) is 17.2 Å². The smallest absolute Gasteiger partial charge is 0.338 e. The summed E-state index contributed by atoms with van der Waals surface area (Å²) >= 11 is 6.12. The van der Waals surface area contributed by atoms with E-state index in [4.69, 9.17) is 30.5 Å². The maximum Gasteiger partial charge on any atom is 0.338 e. The molecule has 3 rings (SSSR count). The van der Waals surface area contributed by atoms with Gasteiger partial charge in [0, 0.05) is 0 Å². The van der Waals surface area contributed by atoms with Crippen LogP contribution in [0.4, 0.5) is 0 Å². The Hall–Kier alpha value is -2.40. The lowest BCUT2D eigenvalue weighted by Crippen LogP contribution is -2.16. The molecule has 0 spiro atoms. The fourth-order valence-electron chi connectivity index (χ4n) is 2.18. The number of carbonyl (C=O) groups excluding carboxylic acids is 1. The summed E-state index contributed by atoms with van der Waals surface area (Å²) in [5.74, 6) is 1.20. The molecule has 2 aromatic rings. The predicted octanol–water partition coefficient (Wildman–Crippen LogP) is 3.48. The third-order valence-corrected chi connectivity index (χ3v) is 3.64. The van der Waals surface area contributed by atoms with Crippen LogP contribution in [0.1, 0.15) is 15.9 Å². The van der Waals surface area contributed by atoms with Crippen LogP contribution in [0.25, 0.3) is 0 Å². The van der Waals surface area contributed by atoms with Crippen LogP contribution in [0.3, 0.4) is 0 Å². The highest BCUT2D eigenvalue weighted by molar-refractivity contribution is 6.32. The van der Waals surface area contributed by atoms with Gasteiger partial charge >= 0.3 is 5.97 Å². The normalized spacial score (nSPS) is 12.6. The van der Waals surface area contributed by atoms with Gasteiger partial charge in [-0.25, -0.2) is 4.79 Å². The summed E-state index contributed by atoms with van der Waals surface area (Å²) < 4.78 is 21.3. The zero-order chi connectivity index (χ0) is 16.2. The van der Waals surface area contributed by atoms with Crippen LogP contribution in [0.5, 0.6) is 17.2 Å². The molecule has 0 N–H and O–H groups in total. The van der Waals surface area contributed by atoms with Gasteiger partial charge in [0.15, 0.2) is 11.5 Å². The molecule has 0 aliphatic carbocycles. The predicted molar refractivity (Wildman–Crippen MR) is 84.6 cm³/mol. The fourth-order valence-corrected chi connectivity index (χ4v) is 2.45. The first kappa shape index (κ1) is 15.5. The number of benzene rings is 2. The second kappa shape index (κ2) is 6.79. The average Bonchev–Trinajstić information content (AvgIpc) is 2.60. The average molecular weight is 335 g/mol. The van der Waals surface area contributed by atoms with E-state index in [-0.39, 0.29) is 6.61 Å². The minimum absolute atomic E-state index is 0.162. The minimum atomic E-state index is -0.473. The van der Waals surface area contributed by atoms with E-state index in [9.17, 15) is 4.79 Å².